The molecule has 0 saturated carbocycles. The molecule has 0 aliphatic carbocycles. The van der Waals surface area contributed by atoms with Gasteiger partial charge in [0.15, 0.2) is 0 Å². The normalized spacial score (nSPS) is 18.8. The summed E-state index contributed by atoms with van der Waals surface area (Å²) in [6, 6.07) is 2.02. The highest BCUT2D eigenvalue weighted by atomic mass is 15.1. The number of nitrogens with one attached hydrogen (secondary N) is 1. The van der Waals surface area contributed by atoms with Gasteiger partial charge in [0.2, 0.25) is 0 Å². The highest BCUT2D eigenvalue weighted by molar-refractivity contribution is 5.84. The molecule has 0 spiro atoms. The zero-order valence-electron chi connectivity index (χ0n) is 9.27. The van der Waals surface area contributed by atoms with E-state index in [1.165, 1.54) is 12.1 Å². The number of nitrogens with zero attached hydrogens (tertiary/aromatic N) is 3. The Morgan fingerprint density at radius 3 is 3.19 bits per heavy atom. The number of likely N-dealkylation sites (tertiary alicyclic amines) is 1. The maximum Gasteiger partial charge on any atom is 0.141 e. The third-order valence-corrected chi connectivity index (χ3v) is 3.10. The van der Waals surface area contributed by atoms with Gasteiger partial charge in [-0.15, -0.1) is 0 Å². The number of H-pyrrole nitrogens is 1. The molecule has 0 bridgehead atoms. The highest BCUT2D eigenvalue weighted by Crippen LogP contribution is 2.23. The van der Waals surface area contributed by atoms with E-state index in [1.54, 1.807) is 6.33 Å². The number of allylic oxidation sites excluding steroid dienone is 1. The van der Waals surface area contributed by atoms with Crippen molar-refractivity contribution in [3.05, 3.63) is 30.0 Å². The Labute approximate surface area is 94.0 Å². The maximum absolute atomic E-state index is 4.34. The summed E-state index contributed by atoms with van der Waals surface area (Å²) in [7, 11) is 2.13. The van der Waals surface area contributed by atoms with Crippen LogP contribution in [0, 0.1) is 0 Å². The first-order valence-electron chi connectivity index (χ1n) is 5.54. The molecule has 1 aliphatic rings. The number of fused-ring (bicyclic) bond motifs is 1. The number of hydrogen-bond donors (Lipinski definition) is 1. The van der Waals surface area contributed by atoms with E-state index in [1.807, 2.05) is 12.3 Å². The summed E-state index contributed by atoms with van der Waals surface area (Å²) >= 11 is 0. The van der Waals surface area contributed by atoms with Crippen molar-refractivity contribution in [1.82, 2.24) is 19.9 Å². The van der Waals surface area contributed by atoms with Crippen LogP contribution in [-0.4, -0.2) is 33.4 Å². The van der Waals surface area contributed by atoms with Crippen LogP contribution in [0.25, 0.3) is 17.1 Å². The summed E-state index contributed by atoms with van der Waals surface area (Å²) in [5, 5.41) is 1.09. The van der Waals surface area contributed by atoms with Crippen molar-refractivity contribution in [3.8, 4) is 0 Å². The van der Waals surface area contributed by atoms with Gasteiger partial charge in [0.1, 0.15) is 12.0 Å². The first-order chi connectivity index (χ1) is 7.84. The van der Waals surface area contributed by atoms with E-state index in [-0.39, 0.29) is 0 Å². The first-order valence-corrected chi connectivity index (χ1v) is 5.54. The van der Waals surface area contributed by atoms with Gasteiger partial charge in [0.25, 0.3) is 0 Å². The van der Waals surface area contributed by atoms with Crippen LogP contribution < -0.4 is 0 Å². The average molecular weight is 214 g/mol. The fraction of sp³-hybridized carbons (Fsp3) is 0.333. The Hall–Kier alpha value is -1.84. The van der Waals surface area contributed by atoms with E-state index in [0.717, 1.165) is 29.7 Å². The van der Waals surface area contributed by atoms with Gasteiger partial charge in [-0.1, -0.05) is 0 Å². The van der Waals surface area contributed by atoms with E-state index < -0.39 is 0 Å². The molecule has 1 N–H and O–H groups in total. The number of hydrogen-bond acceptors (Lipinski definition) is 3. The molecule has 3 rings (SSSR count). The van der Waals surface area contributed by atoms with Crippen LogP contribution >= 0.6 is 0 Å². The van der Waals surface area contributed by atoms with Crippen molar-refractivity contribution in [2.24, 2.45) is 0 Å². The number of aromatic nitrogens is 3. The summed E-state index contributed by atoms with van der Waals surface area (Å²) in [5.74, 6) is 0. The first kappa shape index (κ1) is 9.39. The maximum atomic E-state index is 4.34. The second kappa shape index (κ2) is 3.63. The summed E-state index contributed by atoms with van der Waals surface area (Å²) in [4.78, 5) is 13.9. The Balaban J connectivity index is 2.09. The number of aromatic amines is 1. The van der Waals surface area contributed by atoms with Crippen molar-refractivity contribution >= 4 is 17.1 Å². The van der Waals surface area contributed by atoms with Gasteiger partial charge < -0.3 is 9.88 Å². The lowest BCUT2D eigenvalue weighted by atomic mass is 10.2. The van der Waals surface area contributed by atoms with Gasteiger partial charge >= 0.3 is 0 Å². The molecule has 4 nitrogen and oxygen atoms in total. The summed E-state index contributed by atoms with van der Waals surface area (Å²) < 4.78 is 0. The van der Waals surface area contributed by atoms with Crippen LogP contribution in [0.5, 0.6) is 0 Å². The third-order valence-electron chi connectivity index (χ3n) is 3.10. The molecular weight excluding hydrogens is 200 g/mol. The fourth-order valence-corrected chi connectivity index (χ4v) is 2.18. The summed E-state index contributed by atoms with van der Waals surface area (Å²) in [6.07, 6.45) is 8.07. The van der Waals surface area contributed by atoms with E-state index in [0.29, 0.717) is 0 Å². The van der Waals surface area contributed by atoms with Crippen LogP contribution in [0.4, 0.5) is 0 Å². The molecule has 2 aromatic heterocycles. The van der Waals surface area contributed by atoms with E-state index in [4.69, 9.17) is 0 Å². The molecule has 0 atom stereocenters. The zero-order chi connectivity index (χ0) is 11.0. The Bertz CT molecular complexity index is 541. The van der Waals surface area contributed by atoms with Crippen LogP contribution in [0.15, 0.2) is 24.3 Å². The number of rotatable bonds is 1. The standard InChI is InChI=1S/C12H14N4/c1-16-6-2-3-9(16)7-11-10-4-5-13-12(10)15-8-14-11/h4-5,7-8H,2-3,6H2,1H3,(H,13,14,15). The molecule has 0 aromatic carbocycles. The minimum atomic E-state index is 0.905. The van der Waals surface area contributed by atoms with Crippen LogP contribution in [0.3, 0.4) is 0 Å². The minimum Gasteiger partial charge on any atom is -0.378 e. The predicted octanol–water partition coefficient (Wildman–Crippen LogP) is 2.02. The second-order valence-electron chi connectivity index (χ2n) is 4.16. The Morgan fingerprint density at radius 1 is 1.44 bits per heavy atom. The summed E-state index contributed by atoms with van der Waals surface area (Å²) in [6.45, 7) is 1.15. The Kier molecular flexibility index (Phi) is 2.13. The van der Waals surface area contributed by atoms with Gasteiger partial charge in [0.05, 0.1) is 5.69 Å². The van der Waals surface area contributed by atoms with E-state index >= 15 is 0 Å². The van der Waals surface area contributed by atoms with Crippen LogP contribution in [0.2, 0.25) is 0 Å². The lowest BCUT2D eigenvalue weighted by Gasteiger charge is -2.12. The van der Waals surface area contributed by atoms with Gasteiger partial charge in [-0.3, -0.25) is 0 Å². The van der Waals surface area contributed by atoms with Crippen molar-refractivity contribution in [2.45, 2.75) is 12.8 Å². The fourth-order valence-electron chi connectivity index (χ4n) is 2.18. The molecular formula is C12H14N4. The molecule has 82 valence electrons. The minimum absolute atomic E-state index is 0.905. The second-order valence-corrected chi connectivity index (χ2v) is 4.16. The molecule has 4 heteroatoms. The average Bonchev–Trinajstić information content (AvgIpc) is 2.89. The molecule has 3 heterocycles. The zero-order valence-corrected chi connectivity index (χ0v) is 9.27. The van der Waals surface area contributed by atoms with Crippen LogP contribution in [0.1, 0.15) is 18.5 Å². The van der Waals surface area contributed by atoms with E-state index in [9.17, 15) is 0 Å². The highest BCUT2D eigenvalue weighted by Gasteiger charge is 2.13. The van der Waals surface area contributed by atoms with Crippen molar-refractivity contribution in [1.29, 1.82) is 0 Å². The van der Waals surface area contributed by atoms with Crippen molar-refractivity contribution in [3.63, 3.8) is 0 Å². The Morgan fingerprint density at radius 2 is 2.38 bits per heavy atom. The SMILES string of the molecule is CN1CCCC1=Cc1ncnc2[nH]ccc12. The van der Waals surface area contributed by atoms with Crippen molar-refractivity contribution < 1.29 is 0 Å². The predicted molar refractivity (Wildman–Crippen MR) is 63.7 cm³/mol. The molecule has 2 aromatic rings. The molecule has 0 amide bonds. The quantitative estimate of drug-likeness (QED) is 0.790. The largest absolute Gasteiger partial charge is 0.378 e. The molecule has 1 saturated heterocycles. The third kappa shape index (κ3) is 1.46. The van der Waals surface area contributed by atoms with Crippen LogP contribution in [-0.2, 0) is 0 Å². The van der Waals surface area contributed by atoms with Gasteiger partial charge in [0, 0.05) is 30.9 Å². The van der Waals surface area contributed by atoms with Gasteiger partial charge in [-0.05, 0) is 25.0 Å². The van der Waals surface area contributed by atoms with Gasteiger partial charge in [-0.2, -0.15) is 0 Å². The monoisotopic (exact) mass is 214 g/mol. The molecule has 1 fully saturated rings. The molecule has 1 aliphatic heterocycles. The molecule has 0 unspecified atom stereocenters. The molecule has 16 heavy (non-hydrogen) atoms. The molecule has 0 radical (unpaired) electrons. The smallest absolute Gasteiger partial charge is 0.141 e. The lowest BCUT2D eigenvalue weighted by Crippen LogP contribution is -2.09. The lowest BCUT2D eigenvalue weighted by molar-refractivity contribution is 0.484. The summed E-state index contributed by atoms with van der Waals surface area (Å²) in [5.41, 5.74) is 3.28. The topological polar surface area (TPSA) is 44.8 Å². The van der Waals surface area contributed by atoms with Crippen molar-refractivity contribution in [2.75, 3.05) is 13.6 Å². The van der Waals surface area contributed by atoms with Gasteiger partial charge in [-0.25, -0.2) is 9.97 Å². The van der Waals surface area contributed by atoms with E-state index in [2.05, 4.69) is 33.0 Å².